The van der Waals surface area contributed by atoms with E-state index in [9.17, 15) is 9.59 Å². The third-order valence-electron chi connectivity index (χ3n) is 2.76. The Morgan fingerprint density at radius 2 is 2.20 bits per heavy atom. The van der Waals surface area contributed by atoms with Crippen molar-refractivity contribution in [2.45, 2.75) is 25.3 Å². The number of carbonyl (C=O) groups is 1. The van der Waals surface area contributed by atoms with E-state index in [-0.39, 0.29) is 11.6 Å². The molecule has 1 aliphatic carbocycles. The lowest BCUT2D eigenvalue weighted by atomic mass is 9.92. The zero-order valence-corrected chi connectivity index (χ0v) is 8.14. The second-order valence-electron chi connectivity index (χ2n) is 3.79. The molecule has 3 N–H and O–H groups in total. The number of aromatic carboxylic acids is 1. The molecule has 0 spiro atoms. The number of nitrogen functional groups attached to an aromatic ring is 1. The van der Waals surface area contributed by atoms with Crippen LogP contribution in [0, 0.1) is 0 Å². The van der Waals surface area contributed by atoms with Crippen LogP contribution in [-0.4, -0.2) is 15.6 Å². The van der Waals surface area contributed by atoms with E-state index in [1.807, 2.05) is 0 Å². The Labute approximate surface area is 86.1 Å². The van der Waals surface area contributed by atoms with Crippen LogP contribution in [0.15, 0.2) is 17.1 Å². The Kier molecular flexibility index (Phi) is 2.22. The molecule has 0 unspecified atom stereocenters. The van der Waals surface area contributed by atoms with Gasteiger partial charge in [-0.15, -0.1) is 0 Å². The van der Waals surface area contributed by atoms with Gasteiger partial charge in [0, 0.05) is 17.9 Å². The van der Waals surface area contributed by atoms with Gasteiger partial charge < -0.3 is 15.4 Å². The summed E-state index contributed by atoms with van der Waals surface area (Å²) in [5.41, 5.74) is 5.17. The van der Waals surface area contributed by atoms with Crippen LogP contribution in [0.25, 0.3) is 0 Å². The van der Waals surface area contributed by atoms with Gasteiger partial charge in [0.25, 0.3) is 5.56 Å². The Morgan fingerprint density at radius 1 is 1.53 bits per heavy atom. The van der Waals surface area contributed by atoms with Gasteiger partial charge in [-0.1, -0.05) is 0 Å². The molecule has 0 amide bonds. The summed E-state index contributed by atoms with van der Waals surface area (Å²) in [5.74, 6) is -1.22. The van der Waals surface area contributed by atoms with Gasteiger partial charge in [-0.3, -0.25) is 4.79 Å². The molecule has 1 aliphatic rings. The number of carboxylic acid groups (broad SMARTS) is 1. The van der Waals surface area contributed by atoms with Crippen molar-refractivity contribution in [3.05, 3.63) is 28.2 Å². The smallest absolute Gasteiger partial charge is 0.341 e. The fourth-order valence-electron chi connectivity index (χ4n) is 1.71. The van der Waals surface area contributed by atoms with Gasteiger partial charge in [-0.05, 0) is 25.3 Å². The third-order valence-corrected chi connectivity index (χ3v) is 2.76. The lowest BCUT2D eigenvalue weighted by Gasteiger charge is -2.28. The Hall–Kier alpha value is -1.78. The number of rotatable bonds is 2. The van der Waals surface area contributed by atoms with Crippen LogP contribution in [0.3, 0.4) is 0 Å². The highest BCUT2D eigenvalue weighted by Gasteiger charge is 2.23. The monoisotopic (exact) mass is 208 g/mol. The molecule has 1 aromatic rings. The normalized spacial score (nSPS) is 16.0. The molecule has 0 aromatic carbocycles. The maximum atomic E-state index is 11.7. The molecular weight excluding hydrogens is 196 g/mol. The SMILES string of the molecule is Nc1cc(C(=O)O)c(=O)n(C2CCC2)c1. The Morgan fingerprint density at radius 3 is 2.67 bits per heavy atom. The van der Waals surface area contributed by atoms with Crippen molar-refractivity contribution in [1.29, 1.82) is 0 Å². The Bertz CT molecular complexity index is 460. The first-order valence-corrected chi connectivity index (χ1v) is 4.84. The number of anilines is 1. The average molecular weight is 208 g/mol. The van der Waals surface area contributed by atoms with Gasteiger partial charge in [-0.2, -0.15) is 0 Å². The summed E-state index contributed by atoms with van der Waals surface area (Å²) in [6, 6.07) is 1.33. The number of hydrogen-bond acceptors (Lipinski definition) is 3. The maximum Gasteiger partial charge on any atom is 0.341 e. The molecule has 5 heteroatoms. The van der Waals surface area contributed by atoms with E-state index < -0.39 is 11.5 Å². The Balaban J connectivity index is 2.54. The molecule has 1 heterocycles. The minimum atomic E-state index is -1.22. The third kappa shape index (κ3) is 1.60. The fraction of sp³-hybridized carbons (Fsp3) is 0.400. The molecule has 80 valence electrons. The second kappa shape index (κ2) is 3.42. The largest absolute Gasteiger partial charge is 0.477 e. The van der Waals surface area contributed by atoms with Crippen LogP contribution in [0.5, 0.6) is 0 Å². The van der Waals surface area contributed by atoms with Crippen LogP contribution in [-0.2, 0) is 0 Å². The summed E-state index contributed by atoms with van der Waals surface area (Å²) in [6.45, 7) is 0. The molecule has 0 aliphatic heterocycles. The van der Waals surface area contributed by atoms with Crippen molar-refractivity contribution in [2.75, 3.05) is 5.73 Å². The molecule has 15 heavy (non-hydrogen) atoms. The van der Waals surface area contributed by atoms with E-state index >= 15 is 0 Å². The van der Waals surface area contributed by atoms with Crippen molar-refractivity contribution in [2.24, 2.45) is 0 Å². The van der Waals surface area contributed by atoms with Gasteiger partial charge >= 0.3 is 5.97 Å². The van der Waals surface area contributed by atoms with Crippen LogP contribution >= 0.6 is 0 Å². The predicted molar refractivity (Wildman–Crippen MR) is 55.0 cm³/mol. The molecular formula is C10H12N2O3. The first-order chi connectivity index (χ1) is 7.09. The fourth-order valence-corrected chi connectivity index (χ4v) is 1.71. The topological polar surface area (TPSA) is 85.3 Å². The molecule has 1 fully saturated rings. The van der Waals surface area contributed by atoms with Crippen molar-refractivity contribution in [3.8, 4) is 0 Å². The number of nitrogens with two attached hydrogens (primary N) is 1. The molecule has 0 atom stereocenters. The van der Waals surface area contributed by atoms with E-state index in [0.717, 1.165) is 19.3 Å². The summed E-state index contributed by atoms with van der Waals surface area (Å²) in [4.78, 5) is 22.5. The average Bonchev–Trinajstić information content (AvgIpc) is 2.07. The summed E-state index contributed by atoms with van der Waals surface area (Å²) in [6.07, 6.45) is 4.44. The standard InChI is InChI=1S/C10H12N2O3/c11-6-4-8(10(14)15)9(13)12(5-6)7-2-1-3-7/h4-5,7H,1-3,11H2,(H,14,15). The van der Waals surface area contributed by atoms with E-state index in [1.54, 1.807) is 0 Å². The lowest BCUT2D eigenvalue weighted by molar-refractivity contribution is 0.0693. The molecule has 1 saturated carbocycles. The minimum absolute atomic E-state index is 0.124. The van der Waals surface area contributed by atoms with Crippen molar-refractivity contribution in [1.82, 2.24) is 4.57 Å². The van der Waals surface area contributed by atoms with Crippen LogP contribution in [0.4, 0.5) is 5.69 Å². The van der Waals surface area contributed by atoms with Crippen LogP contribution in [0.1, 0.15) is 35.7 Å². The molecule has 5 nitrogen and oxygen atoms in total. The highest BCUT2D eigenvalue weighted by molar-refractivity contribution is 5.88. The number of nitrogens with zero attached hydrogens (tertiary/aromatic N) is 1. The van der Waals surface area contributed by atoms with E-state index in [2.05, 4.69) is 0 Å². The van der Waals surface area contributed by atoms with E-state index in [4.69, 9.17) is 10.8 Å². The van der Waals surface area contributed by atoms with Crippen molar-refractivity contribution < 1.29 is 9.90 Å². The number of aromatic nitrogens is 1. The predicted octanol–water partition coefficient (Wildman–Crippen LogP) is 0.854. The van der Waals surface area contributed by atoms with Gasteiger partial charge in [0.1, 0.15) is 5.56 Å². The van der Waals surface area contributed by atoms with Crippen LogP contribution in [0.2, 0.25) is 0 Å². The van der Waals surface area contributed by atoms with E-state index in [0.29, 0.717) is 5.69 Å². The van der Waals surface area contributed by atoms with Gasteiger partial charge in [0.2, 0.25) is 0 Å². The molecule has 0 saturated heterocycles. The van der Waals surface area contributed by atoms with E-state index in [1.165, 1.54) is 16.8 Å². The quantitative estimate of drug-likeness (QED) is 0.754. The lowest BCUT2D eigenvalue weighted by Crippen LogP contribution is -2.32. The van der Waals surface area contributed by atoms with Gasteiger partial charge in [0.15, 0.2) is 0 Å². The summed E-state index contributed by atoms with van der Waals surface area (Å²) >= 11 is 0. The number of carboxylic acids is 1. The zero-order chi connectivity index (χ0) is 11.0. The zero-order valence-electron chi connectivity index (χ0n) is 8.14. The molecule has 0 radical (unpaired) electrons. The first-order valence-electron chi connectivity index (χ1n) is 4.84. The minimum Gasteiger partial charge on any atom is -0.477 e. The first kappa shape index (κ1) is 9.76. The number of hydrogen-bond donors (Lipinski definition) is 2. The van der Waals surface area contributed by atoms with Crippen molar-refractivity contribution in [3.63, 3.8) is 0 Å². The summed E-state index contributed by atoms with van der Waals surface area (Å²) < 4.78 is 1.45. The summed E-state index contributed by atoms with van der Waals surface area (Å²) in [7, 11) is 0. The second-order valence-corrected chi connectivity index (χ2v) is 3.79. The van der Waals surface area contributed by atoms with Gasteiger partial charge in [-0.25, -0.2) is 4.79 Å². The van der Waals surface area contributed by atoms with Crippen LogP contribution < -0.4 is 11.3 Å². The number of pyridine rings is 1. The van der Waals surface area contributed by atoms with Gasteiger partial charge in [0.05, 0.1) is 0 Å². The highest BCUT2D eigenvalue weighted by Crippen LogP contribution is 2.30. The maximum absolute atomic E-state index is 11.7. The molecule has 0 bridgehead atoms. The highest BCUT2D eigenvalue weighted by atomic mass is 16.4. The molecule has 2 rings (SSSR count). The van der Waals surface area contributed by atoms with Crippen molar-refractivity contribution >= 4 is 11.7 Å². The molecule has 1 aromatic heterocycles. The summed E-state index contributed by atoms with van der Waals surface area (Å²) in [5, 5.41) is 8.82.